The summed E-state index contributed by atoms with van der Waals surface area (Å²) in [6.07, 6.45) is 5.98. The lowest BCUT2D eigenvalue weighted by atomic mass is 9.73. The number of piperidine rings is 1. The molecular weight excluding hydrogens is 414 g/mol. The molecule has 2 aliphatic heterocycles. The van der Waals surface area contributed by atoms with Gasteiger partial charge in [-0.1, -0.05) is 36.4 Å². The maximum absolute atomic E-state index is 12.9. The van der Waals surface area contributed by atoms with Crippen molar-refractivity contribution in [3.8, 4) is 22.6 Å². The molecule has 33 heavy (non-hydrogen) atoms. The summed E-state index contributed by atoms with van der Waals surface area (Å²) in [5, 5.41) is 0. The highest BCUT2D eigenvalue weighted by molar-refractivity contribution is 5.82. The van der Waals surface area contributed by atoms with Gasteiger partial charge in [0.05, 0.1) is 5.41 Å². The van der Waals surface area contributed by atoms with Crippen molar-refractivity contribution >= 4 is 5.91 Å². The van der Waals surface area contributed by atoms with Gasteiger partial charge in [-0.25, -0.2) is 0 Å². The number of nitrogens with two attached hydrogens (primary N) is 1. The third-order valence-corrected chi connectivity index (χ3v) is 6.71. The van der Waals surface area contributed by atoms with Crippen LogP contribution in [0, 0.1) is 5.41 Å². The summed E-state index contributed by atoms with van der Waals surface area (Å²) in [4.78, 5) is 19.5. The number of rotatable bonds is 6. The van der Waals surface area contributed by atoms with Crippen LogP contribution >= 0.6 is 0 Å². The molecule has 0 aliphatic carbocycles. The molecule has 6 heteroatoms. The first-order chi connectivity index (χ1) is 16.1. The van der Waals surface area contributed by atoms with Gasteiger partial charge in [0, 0.05) is 31.0 Å². The Kier molecular flexibility index (Phi) is 6.01. The molecule has 1 atom stereocenters. The van der Waals surface area contributed by atoms with Crippen molar-refractivity contribution in [3.05, 3.63) is 78.1 Å². The van der Waals surface area contributed by atoms with Crippen molar-refractivity contribution in [1.82, 2.24) is 9.88 Å². The number of pyridine rings is 1. The number of fused-ring (bicyclic) bond motifs is 1. The van der Waals surface area contributed by atoms with Crippen LogP contribution in [-0.4, -0.2) is 42.1 Å². The monoisotopic (exact) mass is 443 g/mol. The van der Waals surface area contributed by atoms with Gasteiger partial charge in [-0.2, -0.15) is 0 Å². The maximum Gasteiger partial charge on any atom is 0.225 e. The largest absolute Gasteiger partial charge is 0.486 e. The van der Waals surface area contributed by atoms with E-state index in [2.05, 4.69) is 34.1 Å². The predicted molar refractivity (Wildman–Crippen MR) is 127 cm³/mol. The maximum atomic E-state index is 12.9. The minimum absolute atomic E-state index is 0.227. The molecule has 1 unspecified atom stereocenters. The van der Waals surface area contributed by atoms with E-state index in [1.807, 2.05) is 36.5 Å². The number of likely N-dealkylation sites (tertiary alicyclic amines) is 1. The van der Waals surface area contributed by atoms with Crippen LogP contribution in [0.4, 0.5) is 0 Å². The van der Waals surface area contributed by atoms with Crippen molar-refractivity contribution in [2.45, 2.75) is 25.8 Å². The smallest absolute Gasteiger partial charge is 0.225 e. The van der Waals surface area contributed by atoms with E-state index in [9.17, 15) is 4.79 Å². The fraction of sp³-hybridized carbons (Fsp3) is 0.333. The zero-order valence-electron chi connectivity index (χ0n) is 18.7. The molecule has 0 radical (unpaired) electrons. The van der Waals surface area contributed by atoms with E-state index in [1.54, 1.807) is 6.20 Å². The molecule has 5 rings (SSSR count). The van der Waals surface area contributed by atoms with E-state index in [0.717, 1.165) is 59.7 Å². The zero-order chi connectivity index (χ0) is 22.7. The van der Waals surface area contributed by atoms with E-state index in [1.165, 1.54) is 0 Å². The van der Waals surface area contributed by atoms with Gasteiger partial charge in [0.1, 0.15) is 13.2 Å². The Balaban J connectivity index is 1.38. The van der Waals surface area contributed by atoms with Crippen LogP contribution in [0.15, 0.2) is 67.0 Å². The highest BCUT2D eigenvalue weighted by Crippen LogP contribution is 2.38. The van der Waals surface area contributed by atoms with Crippen molar-refractivity contribution in [3.63, 3.8) is 0 Å². The Bertz CT molecular complexity index is 1130. The first kappa shape index (κ1) is 21.5. The van der Waals surface area contributed by atoms with Crippen LogP contribution in [0.25, 0.3) is 11.1 Å². The summed E-state index contributed by atoms with van der Waals surface area (Å²) in [7, 11) is 0. The number of carbonyl (C=O) groups is 1. The van der Waals surface area contributed by atoms with Gasteiger partial charge in [-0.3, -0.25) is 14.7 Å². The molecule has 0 spiro atoms. The highest BCUT2D eigenvalue weighted by atomic mass is 16.6. The molecule has 1 fully saturated rings. The van der Waals surface area contributed by atoms with Crippen LogP contribution in [0.1, 0.15) is 24.0 Å². The second-order valence-corrected chi connectivity index (χ2v) is 9.01. The third-order valence-electron chi connectivity index (χ3n) is 6.71. The number of nitrogens with zero attached hydrogens (tertiary/aromatic N) is 2. The van der Waals surface area contributed by atoms with E-state index in [0.29, 0.717) is 26.2 Å². The first-order valence-electron chi connectivity index (χ1n) is 11.5. The summed E-state index contributed by atoms with van der Waals surface area (Å²) in [6.45, 7) is 3.48. The van der Waals surface area contributed by atoms with Gasteiger partial charge in [0.25, 0.3) is 0 Å². The number of carbonyl (C=O) groups excluding carboxylic acids is 1. The molecule has 2 N–H and O–H groups in total. The topological polar surface area (TPSA) is 77.7 Å². The van der Waals surface area contributed by atoms with E-state index in [-0.39, 0.29) is 5.91 Å². The van der Waals surface area contributed by atoms with Gasteiger partial charge in [-0.05, 0) is 60.7 Å². The second kappa shape index (κ2) is 9.24. The number of ether oxygens (including phenoxy) is 2. The molecule has 2 aromatic carbocycles. The highest BCUT2D eigenvalue weighted by Gasteiger charge is 2.41. The summed E-state index contributed by atoms with van der Waals surface area (Å²) >= 11 is 0. The fourth-order valence-corrected chi connectivity index (χ4v) is 5.08. The number of hydrogen-bond donors (Lipinski definition) is 1. The Labute approximate surface area is 194 Å². The summed E-state index contributed by atoms with van der Waals surface area (Å²) in [5.74, 6) is 1.36. The van der Waals surface area contributed by atoms with Crippen molar-refractivity contribution in [1.29, 1.82) is 0 Å². The Hall–Kier alpha value is -3.38. The lowest BCUT2D eigenvalue weighted by Gasteiger charge is -2.41. The lowest BCUT2D eigenvalue weighted by Crippen LogP contribution is -2.51. The number of aromatic nitrogens is 1. The van der Waals surface area contributed by atoms with Crippen LogP contribution in [-0.2, 0) is 17.8 Å². The van der Waals surface area contributed by atoms with Gasteiger partial charge in [0.2, 0.25) is 5.91 Å². The van der Waals surface area contributed by atoms with Gasteiger partial charge < -0.3 is 15.2 Å². The predicted octanol–water partition coefficient (Wildman–Crippen LogP) is 3.83. The number of benzene rings is 2. The van der Waals surface area contributed by atoms with Gasteiger partial charge >= 0.3 is 0 Å². The standard InChI is InChI=1S/C27H29N3O3/c28-26(31)27(16-21-5-1-2-7-23(21)22-6-3-11-29-17-22)10-4-12-30(19-27)18-20-8-9-24-25(15-20)33-14-13-32-24/h1-3,5-9,11,15,17H,4,10,12-14,16,18-19H2,(H2,28,31). The number of amides is 1. The van der Waals surface area contributed by atoms with Crippen LogP contribution < -0.4 is 15.2 Å². The van der Waals surface area contributed by atoms with Gasteiger partial charge in [-0.15, -0.1) is 0 Å². The zero-order valence-corrected chi connectivity index (χ0v) is 18.7. The second-order valence-electron chi connectivity index (χ2n) is 9.01. The normalized spacial score (nSPS) is 20.4. The van der Waals surface area contributed by atoms with E-state index < -0.39 is 5.41 Å². The summed E-state index contributed by atoms with van der Waals surface area (Å²) in [5.41, 5.74) is 9.90. The Morgan fingerprint density at radius 2 is 1.91 bits per heavy atom. The molecule has 2 aliphatic rings. The van der Waals surface area contributed by atoms with Crippen LogP contribution in [0.5, 0.6) is 11.5 Å². The molecule has 0 saturated carbocycles. The van der Waals surface area contributed by atoms with E-state index >= 15 is 0 Å². The fourth-order valence-electron chi connectivity index (χ4n) is 5.08. The molecule has 3 heterocycles. The molecule has 170 valence electrons. The molecule has 6 nitrogen and oxygen atoms in total. The summed E-state index contributed by atoms with van der Waals surface area (Å²) < 4.78 is 11.4. The van der Waals surface area contributed by atoms with Crippen molar-refractivity contribution < 1.29 is 14.3 Å². The Morgan fingerprint density at radius 3 is 2.73 bits per heavy atom. The molecule has 1 amide bonds. The average Bonchev–Trinajstić information content (AvgIpc) is 2.85. The summed E-state index contributed by atoms with van der Waals surface area (Å²) in [6, 6.07) is 18.3. The van der Waals surface area contributed by atoms with Crippen molar-refractivity contribution in [2.75, 3.05) is 26.3 Å². The Morgan fingerprint density at radius 1 is 1.06 bits per heavy atom. The molecular formula is C27H29N3O3. The van der Waals surface area contributed by atoms with Crippen LogP contribution in [0.2, 0.25) is 0 Å². The SMILES string of the molecule is NC(=O)C1(Cc2ccccc2-c2cccnc2)CCCN(Cc2ccc3c(c2)OCCO3)C1. The molecule has 0 bridgehead atoms. The third kappa shape index (κ3) is 4.57. The van der Waals surface area contributed by atoms with Crippen LogP contribution in [0.3, 0.4) is 0 Å². The minimum Gasteiger partial charge on any atom is -0.486 e. The van der Waals surface area contributed by atoms with Gasteiger partial charge in [0.15, 0.2) is 11.5 Å². The minimum atomic E-state index is -0.607. The molecule has 1 saturated heterocycles. The average molecular weight is 444 g/mol. The molecule has 1 aromatic heterocycles. The van der Waals surface area contributed by atoms with E-state index in [4.69, 9.17) is 15.2 Å². The first-order valence-corrected chi connectivity index (χ1v) is 11.5. The molecule has 3 aromatic rings. The quantitative estimate of drug-likeness (QED) is 0.627. The number of hydrogen-bond acceptors (Lipinski definition) is 5. The number of primary amides is 1. The lowest BCUT2D eigenvalue weighted by molar-refractivity contribution is -0.131. The van der Waals surface area contributed by atoms with Crippen molar-refractivity contribution in [2.24, 2.45) is 11.1 Å².